The van der Waals surface area contributed by atoms with E-state index in [-0.39, 0.29) is 17.6 Å². The molecule has 0 unspecified atom stereocenters. The number of nitrogens with one attached hydrogen (secondary N) is 2. The molecule has 0 bridgehead atoms. The Hall–Kier alpha value is -2.65. The van der Waals surface area contributed by atoms with Crippen LogP contribution in [0.1, 0.15) is 17.4 Å². The van der Waals surface area contributed by atoms with Crippen molar-refractivity contribution in [2.45, 2.75) is 13.8 Å². The van der Waals surface area contributed by atoms with Gasteiger partial charge in [0.25, 0.3) is 5.91 Å². The maximum absolute atomic E-state index is 12.1. The number of amidine groups is 1. The van der Waals surface area contributed by atoms with Crippen LogP contribution in [0.5, 0.6) is 5.75 Å². The van der Waals surface area contributed by atoms with E-state index in [0.717, 1.165) is 10.4 Å². The van der Waals surface area contributed by atoms with Crippen molar-refractivity contribution in [3.05, 3.63) is 39.7 Å². The van der Waals surface area contributed by atoms with Crippen LogP contribution in [0.15, 0.2) is 34.3 Å². The number of rotatable bonds is 3. The summed E-state index contributed by atoms with van der Waals surface area (Å²) in [5.74, 6) is -0.264. The van der Waals surface area contributed by atoms with Crippen LogP contribution < -0.4 is 10.6 Å². The third-order valence-corrected chi connectivity index (χ3v) is 4.90. The van der Waals surface area contributed by atoms with Gasteiger partial charge in [0.2, 0.25) is 5.91 Å². The molecule has 3 N–H and O–H groups in total. The number of hydrogen-bond acceptors (Lipinski definition) is 7. The van der Waals surface area contributed by atoms with Crippen molar-refractivity contribution in [3.63, 3.8) is 0 Å². The average molecular weight is 374 g/mol. The van der Waals surface area contributed by atoms with Gasteiger partial charge >= 0.3 is 0 Å². The first-order valence-electron chi connectivity index (χ1n) is 7.23. The van der Waals surface area contributed by atoms with Crippen molar-refractivity contribution in [1.82, 2.24) is 10.3 Å². The molecule has 0 radical (unpaired) electrons. The number of phenolic OH excluding ortho intramolecular Hbond substituents is 1. The normalized spacial score (nSPS) is 17.1. The number of aliphatic imine (C=N–C) groups is 1. The largest absolute Gasteiger partial charge is 0.508 e. The van der Waals surface area contributed by atoms with Gasteiger partial charge in [-0.2, -0.15) is 0 Å². The van der Waals surface area contributed by atoms with E-state index >= 15 is 0 Å². The summed E-state index contributed by atoms with van der Waals surface area (Å²) in [5.41, 5.74) is 1.48. The second-order valence-electron chi connectivity index (χ2n) is 5.20. The second kappa shape index (κ2) is 7.08. The van der Waals surface area contributed by atoms with Gasteiger partial charge in [0.15, 0.2) is 10.3 Å². The minimum Gasteiger partial charge on any atom is -0.508 e. The molecule has 2 amide bonds. The summed E-state index contributed by atoms with van der Waals surface area (Å²) in [6, 6.07) is 4.85. The summed E-state index contributed by atoms with van der Waals surface area (Å²) in [6.45, 7) is 3.24. The van der Waals surface area contributed by atoms with Crippen molar-refractivity contribution < 1.29 is 14.7 Å². The van der Waals surface area contributed by atoms with Gasteiger partial charge in [0.05, 0.1) is 15.5 Å². The topological polar surface area (TPSA) is 104 Å². The summed E-state index contributed by atoms with van der Waals surface area (Å²) >= 11 is 2.50. The van der Waals surface area contributed by atoms with Crippen LogP contribution in [0.2, 0.25) is 0 Å². The number of amides is 2. The van der Waals surface area contributed by atoms with Gasteiger partial charge in [-0.15, -0.1) is 0 Å². The van der Waals surface area contributed by atoms with Gasteiger partial charge in [-0.1, -0.05) is 11.3 Å². The Balaban J connectivity index is 1.79. The minimum atomic E-state index is -0.241. The van der Waals surface area contributed by atoms with Gasteiger partial charge in [-0.25, -0.2) is 9.98 Å². The van der Waals surface area contributed by atoms with Crippen molar-refractivity contribution in [2.24, 2.45) is 4.99 Å². The standard InChI is InChI=1S/C16H14N4O3S2/c1-8-5-10(22)3-4-12(8)19-16-20-14(23)13(25-16)6-11-7-17-15(24-11)18-9(2)21/h3-7,22H,1-2H3,(H,17,18,21)(H,19,20,23)/b13-6-. The zero-order valence-electron chi connectivity index (χ0n) is 13.4. The van der Waals surface area contributed by atoms with E-state index in [1.165, 1.54) is 30.0 Å². The van der Waals surface area contributed by atoms with E-state index in [1.807, 2.05) is 6.92 Å². The molecule has 1 aromatic heterocycles. The predicted octanol–water partition coefficient (Wildman–Crippen LogP) is 3.01. The smallest absolute Gasteiger partial charge is 0.264 e. The number of thioether (sulfide) groups is 1. The van der Waals surface area contributed by atoms with Gasteiger partial charge in [-0.3, -0.25) is 9.59 Å². The predicted molar refractivity (Wildman–Crippen MR) is 100 cm³/mol. The van der Waals surface area contributed by atoms with Crippen molar-refractivity contribution in [1.29, 1.82) is 0 Å². The number of aromatic hydroxyl groups is 1. The van der Waals surface area contributed by atoms with E-state index < -0.39 is 0 Å². The van der Waals surface area contributed by atoms with Crippen LogP contribution in [0.3, 0.4) is 0 Å². The Labute approximate surface area is 151 Å². The summed E-state index contributed by atoms with van der Waals surface area (Å²) in [4.78, 5) is 32.9. The fourth-order valence-electron chi connectivity index (χ4n) is 2.05. The number of benzene rings is 1. The highest BCUT2D eigenvalue weighted by Gasteiger charge is 2.24. The molecule has 7 nitrogen and oxygen atoms in total. The summed E-state index contributed by atoms with van der Waals surface area (Å²) in [5, 5.41) is 15.7. The third-order valence-electron chi connectivity index (χ3n) is 3.13. The lowest BCUT2D eigenvalue weighted by Gasteiger charge is -2.01. The molecule has 1 aliphatic rings. The maximum atomic E-state index is 12.1. The molecule has 128 valence electrons. The molecule has 9 heteroatoms. The van der Waals surface area contributed by atoms with Gasteiger partial charge < -0.3 is 15.7 Å². The lowest BCUT2D eigenvalue weighted by Crippen LogP contribution is -2.19. The van der Waals surface area contributed by atoms with E-state index in [9.17, 15) is 14.7 Å². The summed E-state index contributed by atoms with van der Waals surface area (Å²) in [6.07, 6.45) is 3.30. The molecule has 1 aliphatic heterocycles. The number of thiazole rings is 1. The lowest BCUT2D eigenvalue weighted by molar-refractivity contribution is -0.115. The average Bonchev–Trinajstić information content (AvgIpc) is 3.09. The zero-order chi connectivity index (χ0) is 18.0. The molecule has 0 atom stereocenters. The molecule has 25 heavy (non-hydrogen) atoms. The van der Waals surface area contributed by atoms with Crippen LogP contribution in [0.25, 0.3) is 6.08 Å². The Bertz CT molecular complexity index is 918. The van der Waals surface area contributed by atoms with Crippen LogP contribution in [0, 0.1) is 6.92 Å². The van der Waals surface area contributed by atoms with E-state index in [4.69, 9.17) is 0 Å². The molecule has 1 saturated heterocycles. The molecule has 2 heterocycles. The SMILES string of the molecule is CC(=O)Nc1ncc(/C=C2\S/C(=N\c3ccc(O)cc3C)NC2=O)s1. The van der Waals surface area contributed by atoms with Gasteiger partial charge in [0.1, 0.15) is 5.75 Å². The van der Waals surface area contributed by atoms with Crippen molar-refractivity contribution in [3.8, 4) is 5.75 Å². The van der Waals surface area contributed by atoms with Crippen molar-refractivity contribution in [2.75, 3.05) is 5.32 Å². The number of phenols is 1. The Morgan fingerprint density at radius 1 is 1.44 bits per heavy atom. The summed E-state index contributed by atoms with van der Waals surface area (Å²) < 4.78 is 0. The van der Waals surface area contributed by atoms with E-state index in [1.54, 1.807) is 30.5 Å². The quantitative estimate of drug-likeness (QED) is 0.717. The van der Waals surface area contributed by atoms with Crippen LogP contribution in [-0.4, -0.2) is 27.1 Å². The number of hydrogen-bond donors (Lipinski definition) is 3. The Morgan fingerprint density at radius 3 is 2.96 bits per heavy atom. The van der Waals surface area contributed by atoms with Crippen LogP contribution in [-0.2, 0) is 9.59 Å². The first-order valence-corrected chi connectivity index (χ1v) is 8.86. The number of nitrogens with zero attached hydrogens (tertiary/aromatic N) is 2. The molecule has 3 rings (SSSR count). The van der Waals surface area contributed by atoms with Gasteiger partial charge in [-0.05, 0) is 48.5 Å². The van der Waals surface area contributed by atoms with E-state index in [0.29, 0.717) is 20.9 Å². The first-order chi connectivity index (χ1) is 11.9. The first kappa shape index (κ1) is 17.2. The number of aromatic nitrogens is 1. The molecule has 0 aliphatic carbocycles. The van der Waals surface area contributed by atoms with Crippen molar-refractivity contribution >= 4 is 57.0 Å². The number of aryl methyl sites for hydroxylation is 1. The molecule has 1 aromatic carbocycles. The fraction of sp³-hybridized carbons (Fsp3) is 0.125. The molecular weight excluding hydrogens is 360 g/mol. The molecule has 2 aromatic rings. The highest BCUT2D eigenvalue weighted by Crippen LogP contribution is 2.31. The summed E-state index contributed by atoms with van der Waals surface area (Å²) in [7, 11) is 0. The van der Waals surface area contributed by atoms with Crippen LogP contribution in [0.4, 0.5) is 10.8 Å². The molecule has 0 spiro atoms. The minimum absolute atomic E-state index is 0.172. The highest BCUT2D eigenvalue weighted by atomic mass is 32.2. The third kappa shape index (κ3) is 4.25. The second-order valence-corrected chi connectivity index (χ2v) is 7.29. The Kier molecular flexibility index (Phi) is 4.86. The van der Waals surface area contributed by atoms with Crippen LogP contribution >= 0.6 is 23.1 Å². The number of carbonyl (C=O) groups is 2. The lowest BCUT2D eigenvalue weighted by atomic mass is 10.2. The maximum Gasteiger partial charge on any atom is 0.264 e. The molecule has 1 fully saturated rings. The Morgan fingerprint density at radius 2 is 2.24 bits per heavy atom. The number of anilines is 1. The highest BCUT2D eigenvalue weighted by molar-refractivity contribution is 8.18. The molecular formula is C16H14N4O3S2. The molecule has 0 saturated carbocycles. The monoisotopic (exact) mass is 374 g/mol. The van der Waals surface area contributed by atoms with E-state index in [2.05, 4.69) is 20.6 Å². The zero-order valence-corrected chi connectivity index (χ0v) is 15.0. The van der Waals surface area contributed by atoms with Gasteiger partial charge in [0, 0.05) is 13.1 Å². The fourth-order valence-corrected chi connectivity index (χ4v) is 3.75. The number of carbonyl (C=O) groups excluding carboxylic acids is 2.